The summed E-state index contributed by atoms with van der Waals surface area (Å²) in [6, 6.07) is 15.9. The van der Waals surface area contributed by atoms with Crippen LogP contribution in [0, 0.1) is 6.92 Å². The fraction of sp³-hybridized carbons (Fsp3) is 0.150. The molecule has 0 radical (unpaired) electrons. The van der Waals surface area contributed by atoms with E-state index in [1.165, 1.54) is 16.9 Å². The number of thiophene rings is 1. The zero-order valence-electron chi connectivity index (χ0n) is 15.0. The van der Waals surface area contributed by atoms with E-state index >= 15 is 0 Å². The SMILES string of the molecule is Cc1cn(C(C)c2ccccc2)nc1NC(=O)c1ccc(-c2ccn[nH]2)s1. The highest BCUT2D eigenvalue weighted by Gasteiger charge is 2.16. The molecule has 4 rings (SSSR count). The lowest BCUT2D eigenvalue weighted by Gasteiger charge is -2.12. The summed E-state index contributed by atoms with van der Waals surface area (Å²) in [4.78, 5) is 14.2. The number of anilines is 1. The van der Waals surface area contributed by atoms with Crippen molar-refractivity contribution in [2.24, 2.45) is 0 Å². The summed E-state index contributed by atoms with van der Waals surface area (Å²) >= 11 is 1.42. The molecule has 6 nitrogen and oxygen atoms in total. The summed E-state index contributed by atoms with van der Waals surface area (Å²) in [5.41, 5.74) is 2.99. The third-order valence-corrected chi connectivity index (χ3v) is 5.54. The van der Waals surface area contributed by atoms with Gasteiger partial charge in [0.25, 0.3) is 5.91 Å². The summed E-state index contributed by atoms with van der Waals surface area (Å²) in [5.74, 6) is 0.422. The number of nitrogens with one attached hydrogen (secondary N) is 2. The highest BCUT2D eigenvalue weighted by atomic mass is 32.1. The minimum atomic E-state index is -0.161. The van der Waals surface area contributed by atoms with Crippen molar-refractivity contribution < 1.29 is 4.79 Å². The number of aromatic nitrogens is 4. The van der Waals surface area contributed by atoms with E-state index in [2.05, 4.69) is 39.7 Å². The topological polar surface area (TPSA) is 75.6 Å². The predicted molar refractivity (Wildman–Crippen MR) is 107 cm³/mol. The number of aryl methyl sites for hydroxylation is 1. The predicted octanol–water partition coefficient (Wildman–Crippen LogP) is 4.50. The second kappa shape index (κ2) is 7.20. The van der Waals surface area contributed by atoms with Crippen LogP contribution in [-0.4, -0.2) is 25.9 Å². The molecule has 27 heavy (non-hydrogen) atoms. The number of hydrogen-bond donors (Lipinski definition) is 2. The number of rotatable bonds is 5. The summed E-state index contributed by atoms with van der Waals surface area (Å²) < 4.78 is 1.88. The number of nitrogens with zero attached hydrogens (tertiary/aromatic N) is 3. The first-order valence-electron chi connectivity index (χ1n) is 8.63. The van der Waals surface area contributed by atoms with Crippen LogP contribution in [0.2, 0.25) is 0 Å². The molecule has 0 aliphatic rings. The molecule has 3 aromatic heterocycles. The summed E-state index contributed by atoms with van der Waals surface area (Å²) in [7, 11) is 0. The maximum atomic E-state index is 12.6. The van der Waals surface area contributed by atoms with Gasteiger partial charge >= 0.3 is 0 Å². The lowest BCUT2D eigenvalue weighted by molar-refractivity contribution is 0.103. The van der Waals surface area contributed by atoms with E-state index in [0.29, 0.717) is 10.7 Å². The van der Waals surface area contributed by atoms with Crippen LogP contribution in [0.25, 0.3) is 10.6 Å². The Balaban J connectivity index is 1.51. The van der Waals surface area contributed by atoms with Crippen LogP contribution in [-0.2, 0) is 0 Å². The van der Waals surface area contributed by atoms with Crippen LogP contribution >= 0.6 is 11.3 Å². The van der Waals surface area contributed by atoms with Crippen molar-refractivity contribution in [1.82, 2.24) is 20.0 Å². The zero-order chi connectivity index (χ0) is 18.8. The van der Waals surface area contributed by atoms with Gasteiger partial charge < -0.3 is 5.32 Å². The van der Waals surface area contributed by atoms with Crippen molar-refractivity contribution in [3.8, 4) is 10.6 Å². The molecule has 136 valence electrons. The quantitative estimate of drug-likeness (QED) is 0.537. The van der Waals surface area contributed by atoms with E-state index in [-0.39, 0.29) is 11.9 Å². The molecule has 4 aromatic rings. The van der Waals surface area contributed by atoms with Gasteiger partial charge in [-0.15, -0.1) is 11.3 Å². The van der Waals surface area contributed by atoms with E-state index in [0.717, 1.165) is 16.1 Å². The van der Waals surface area contributed by atoms with Crippen molar-refractivity contribution in [3.63, 3.8) is 0 Å². The Morgan fingerprint density at radius 1 is 1.19 bits per heavy atom. The number of benzene rings is 1. The lowest BCUT2D eigenvalue weighted by atomic mass is 10.1. The minimum Gasteiger partial charge on any atom is -0.304 e. The van der Waals surface area contributed by atoms with Gasteiger partial charge in [-0.05, 0) is 37.6 Å². The van der Waals surface area contributed by atoms with Gasteiger partial charge in [0.05, 0.1) is 21.5 Å². The normalized spacial score (nSPS) is 12.1. The fourth-order valence-corrected chi connectivity index (χ4v) is 3.73. The van der Waals surface area contributed by atoms with Gasteiger partial charge in [-0.1, -0.05) is 30.3 Å². The van der Waals surface area contributed by atoms with Crippen molar-refractivity contribution in [2.45, 2.75) is 19.9 Å². The highest BCUT2D eigenvalue weighted by Crippen LogP contribution is 2.27. The Bertz CT molecular complexity index is 1050. The number of H-pyrrole nitrogens is 1. The van der Waals surface area contributed by atoms with Crippen LogP contribution in [0.5, 0.6) is 0 Å². The molecule has 2 N–H and O–H groups in total. The van der Waals surface area contributed by atoms with E-state index in [9.17, 15) is 4.79 Å². The Hall–Kier alpha value is -3.19. The number of hydrogen-bond acceptors (Lipinski definition) is 4. The van der Waals surface area contributed by atoms with Crippen LogP contribution in [0.1, 0.15) is 33.8 Å². The third kappa shape index (κ3) is 3.54. The molecule has 0 bridgehead atoms. The van der Waals surface area contributed by atoms with Crippen molar-refractivity contribution >= 4 is 23.1 Å². The molecule has 0 spiro atoms. The van der Waals surface area contributed by atoms with Crippen LogP contribution < -0.4 is 5.32 Å². The van der Waals surface area contributed by atoms with Gasteiger partial charge in [-0.3, -0.25) is 14.6 Å². The minimum absolute atomic E-state index is 0.0873. The van der Waals surface area contributed by atoms with Crippen LogP contribution in [0.3, 0.4) is 0 Å². The van der Waals surface area contributed by atoms with Gasteiger partial charge in [0, 0.05) is 18.0 Å². The molecule has 0 aliphatic carbocycles. The molecule has 1 atom stereocenters. The summed E-state index contributed by atoms with van der Waals surface area (Å²) in [6.45, 7) is 4.03. The van der Waals surface area contributed by atoms with Gasteiger partial charge in [-0.2, -0.15) is 10.2 Å². The average molecular weight is 377 g/mol. The van der Waals surface area contributed by atoms with Crippen molar-refractivity contribution in [3.05, 3.63) is 76.9 Å². The van der Waals surface area contributed by atoms with Crippen molar-refractivity contribution in [1.29, 1.82) is 0 Å². The Morgan fingerprint density at radius 3 is 2.74 bits per heavy atom. The number of carbonyl (C=O) groups excluding carboxylic acids is 1. The second-order valence-corrected chi connectivity index (χ2v) is 7.40. The number of aromatic amines is 1. The first-order valence-corrected chi connectivity index (χ1v) is 9.45. The van der Waals surface area contributed by atoms with E-state index in [1.54, 1.807) is 6.20 Å². The molecule has 1 amide bonds. The Morgan fingerprint density at radius 2 is 2.00 bits per heavy atom. The number of carbonyl (C=O) groups is 1. The maximum absolute atomic E-state index is 12.6. The molecule has 0 saturated carbocycles. The Labute approximate surface area is 160 Å². The lowest BCUT2D eigenvalue weighted by Crippen LogP contribution is -2.13. The average Bonchev–Trinajstić information content (AvgIpc) is 3.43. The molecular formula is C20H19N5OS. The first kappa shape index (κ1) is 17.2. The third-order valence-electron chi connectivity index (χ3n) is 4.42. The molecular weight excluding hydrogens is 358 g/mol. The molecule has 0 aliphatic heterocycles. The van der Waals surface area contributed by atoms with Gasteiger partial charge in [0.2, 0.25) is 0 Å². The second-order valence-electron chi connectivity index (χ2n) is 6.32. The Kier molecular flexibility index (Phi) is 4.60. The largest absolute Gasteiger partial charge is 0.304 e. The molecule has 1 aromatic carbocycles. The fourth-order valence-electron chi connectivity index (χ4n) is 2.86. The maximum Gasteiger partial charge on any atom is 0.266 e. The summed E-state index contributed by atoms with van der Waals surface area (Å²) in [6.07, 6.45) is 3.65. The van der Waals surface area contributed by atoms with Gasteiger partial charge in [0.1, 0.15) is 0 Å². The first-order chi connectivity index (χ1) is 13.1. The number of amides is 1. The molecule has 1 unspecified atom stereocenters. The van der Waals surface area contributed by atoms with Gasteiger partial charge in [-0.25, -0.2) is 0 Å². The summed E-state index contributed by atoms with van der Waals surface area (Å²) in [5, 5.41) is 14.4. The molecule has 0 fully saturated rings. The monoisotopic (exact) mass is 377 g/mol. The smallest absolute Gasteiger partial charge is 0.266 e. The molecule has 0 saturated heterocycles. The van der Waals surface area contributed by atoms with E-state index in [1.807, 2.05) is 54.2 Å². The standard InChI is InChI=1S/C20H19N5OS/c1-13-12-25(14(2)15-6-4-3-5-7-15)24-19(13)22-20(26)18-9-8-17(27-18)16-10-11-21-23-16/h3-12,14H,1-2H3,(H,21,23)(H,22,24,26). The molecule has 3 heterocycles. The zero-order valence-corrected chi connectivity index (χ0v) is 15.8. The molecule has 7 heteroatoms. The van der Waals surface area contributed by atoms with Gasteiger partial charge in [0.15, 0.2) is 5.82 Å². The van der Waals surface area contributed by atoms with Crippen LogP contribution in [0.15, 0.2) is 60.9 Å². The van der Waals surface area contributed by atoms with Crippen LogP contribution in [0.4, 0.5) is 5.82 Å². The van der Waals surface area contributed by atoms with Crippen molar-refractivity contribution in [2.75, 3.05) is 5.32 Å². The van der Waals surface area contributed by atoms with E-state index < -0.39 is 0 Å². The van der Waals surface area contributed by atoms with E-state index in [4.69, 9.17) is 0 Å². The highest BCUT2D eigenvalue weighted by molar-refractivity contribution is 7.17.